The fraction of sp³-hybridized carbons (Fsp3) is 0.269. The van der Waals surface area contributed by atoms with E-state index in [2.05, 4.69) is 53.8 Å². The molecule has 0 aliphatic heterocycles. The first-order valence-electron chi connectivity index (χ1n) is 10.3. The maximum Gasteiger partial charge on any atom is 0.220 e. The van der Waals surface area contributed by atoms with Crippen molar-refractivity contribution in [2.45, 2.75) is 38.1 Å². The maximum atomic E-state index is 12.8. The lowest BCUT2D eigenvalue weighted by Crippen LogP contribution is -2.29. The highest BCUT2D eigenvalue weighted by Crippen LogP contribution is 2.28. The Kier molecular flexibility index (Phi) is 5.86. The predicted molar refractivity (Wildman–Crippen MR) is 114 cm³/mol. The average Bonchev–Trinajstić information content (AvgIpc) is 2.77. The number of amides is 1. The molecule has 2 heteroatoms. The third-order valence-corrected chi connectivity index (χ3v) is 5.80. The number of nitrogens with one attached hydrogen (secondary N) is 1. The van der Waals surface area contributed by atoms with E-state index < -0.39 is 0 Å². The predicted octanol–water partition coefficient (Wildman–Crippen LogP) is 5.48. The molecule has 3 aromatic carbocycles. The number of rotatable bonds is 6. The molecule has 0 fully saturated rings. The molecule has 4 rings (SSSR count). The second-order valence-electron chi connectivity index (χ2n) is 7.74. The van der Waals surface area contributed by atoms with E-state index in [4.69, 9.17) is 0 Å². The monoisotopic (exact) mass is 369 g/mol. The second-order valence-corrected chi connectivity index (χ2v) is 7.74. The number of benzene rings is 3. The van der Waals surface area contributed by atoms with Gasteiger partial charge in [0.05, 0.1) is 6.04 Å². The average molecular weight is 370 g/mol. The zero-order valence-corrected chi connectivity index (χ0v) is 16.2. The lowest BCUT2D eigenvalue weighted by Gasteiger charge is -2.25. The zero-order valence-electron chi connectivity index (χ0n) is 16.2. The first-order valence-corrected chi connectivity index (χ1v) is 10.3. The molecule has 0 radical (unpaired) electrons. The standard InChI is InChI=1S/C26H27NO/c28-25(18-16-20-15-17-21-9-7-8-14-24(21)19-20)27-26(22-10-3-1-4-11-22)23-12-5-2-6-13-23/h1-14,20,26H,15-19H2,(H,27,28). The van der Waals surface area contributed by atoms with E-state index >= 15 is 0 Å². The van der Waals surface area contributed by atoms with Crippen LogP contribution in [0.5, 0.6) is 0 Å². The summed E-state index contributed by atoms with van der Waals surface area (Å²) in [5.41, 5.74) is 5.18. The minimum Gasteiger partial charge on any atom is -0.345 e. The van der Waals surface area contributed by atoms with Gasteiger partial charge >= 0.3 is 0 Å². The Morgan fingerprint density at radius 1 is 0.821 bits per heavy atom. The van der Waals surface area contributed by atoms with Gasteiger partial charge in [-0.05, 0) is 53.9 Å². The van der Waals surface area contributed by atoms with E-state index in [1.165, 1.54) is 17.5 Å². The van der Waals surface area contributed by atoms with Gasteiger partial charge in [0.25, 0.3) is 0 Å². The van der Waals surface area contributed by atoms with Gasteiger partial charge in [0.15, 0.2) is 0 Å². The zero-order chi connectivity index (χ0) is 19.2. The Hall–Kier alpha value is -2.87. The van der Waals surface area contributed by atoms with E-state index in [-0.39, 0.29) is 11.9 Å². The quantitative estimate of drug-likeness (QED) is 0.613. The molecule has 1 aliphatic rings. The van der Waals surface area contributed by atoms with Gasteiger partial charge in [0, 0.05) is 6.42 Å². The van der Waals surface area contributed by atoms with Crippen molar-refractivity contribution in [3.63, 3.8) is 0 Å². The van der Waals surface area contributed by atoms with Crippen LogP contribution in [0, 0.1) is 5.92 Å². The van der Waals surface area contributed by atoms with Crippen LogP contribution in [0.25, 0.3) is 0 Å². The van der Waals surface area contributed by atoms with Crippen molar-refractivity contribution >= 4 is 5.91 Å². The van der Waals surface area contributed by atoms with E-state index in [1.807, 2.05) is 36.4 Å². The van der Waals surface area contributed by atoms with Crippen LogP contribution in [0.4, 0.5) is 0 Å². The number of hydrogen-bond donors (Lipinski definition) is 1. The van der Waals surface area contributed by atoms with Crippen LogP contribution < -0.4 is 5.32 Å². The molecular weight excluding hydrogens is 342 g/mol. The highest BCUT2D eigenvalue weighted by atomic mass is 16.1. The van der Waals surface area contributed by atoms with Crippen LogP contribution in [-0.2, 0) is 17.6 Å². The van der Waals surface area contributed by atoms with E-state index in [9.17, 15) is 4.79 Å². The Labute approximate surface area is 167 Å². The summed E-state index contributed by atoms with van der Waals surface area (Å²) in [4.78, 5) is 12.8. The van der Waals surface area contributed by atoms with Crippen LogP contribution in [-0.4, -0.2) is 5.91 Å². The lowest BCUT2D eigenvalue weighted by molar-refractivity contribution is -0.121. The van der Waals surface area contributed by atoms with Gasteiger partial charge in [0.1, 0.15) is 0 Å². The largest absolute Gasteiger partial charge is 0.345 e. The molecule has 142 valence electrons. The SMILES string of the molecule is O=C(CCC1CCc2ccccc2C1)NC(c1ccccc1)c1ccccc1. The van der Waals surface area contributed by atoms with Crippen molar-refractivity contribution in [3.8, 4) is 0 Å². The summed E-state index contributed by atoms with van der Waals surface area (Å²) in [6, 6.07) is 29.1. The molecule has 0 spiro atoms. The maximum absolute atomic E-state index is 12.8. The molecule has 0 bridgehead atoms. The normalized spacial score (nSPS) is 15.8. The van der Waals surface area contributed by atoms with Crippen LogP contribution in [0.15, 0.2) is 84.9 Å². The Morgan fingerprint density at radius 2 is 1.39 bits per heavy atom. The third-order valence-electron chi connectivity index (χ3n) is 5.80. The van der Waals surface area contributed by atoms with Gasteiger partial charge < -0.3 is 5.32 Å². The molecule has 1 aliphatic carbocycles. The summed E-state index contributed by atoms with van der Waals surface area (Å²) in [6.07, 6.45) is 4.97. The number of fused-ring (bicyclic) bond motifs is 1. The summed E-state index contributed by atoms with van der Waals surface area (Å²) in [6.45, 7) is 0. The van der Waals surface area contributed by atoms with Crippen molar-refractivity contribution in [3.05, 3.63) is 107 Å². The van der Waals surface area contributed by atoms with Crippen molar-refractivity contribution in [1.29, 1.82) is 0 Å². The highest BCUT2D eigenvalue weighted by molar-refractivity contribution is 5.77. The molecule has 0 aromatic heterocycles. The lowest BCUT2D eigenvalue weighted by atomic mass is 9.81. The summed E-state index contributed by atoms with van der Waals surface area (Å²) in [7, 11) is 0. The molecule has 0 heterocycles. The molecular formula is C26H27NO. The minimum absolute atomic E-state index is 0.0954. The van der Waals surface area contributed by atoms with Gasteiger partial charge in [-0.1, -0.05) is 84.9 Å². The molecule has 1 atom stereocenters. The van der Waals surface area contributed by atoms with Gasteiger partial charge in [0.2, 0.25) is 5.91 Å². The Balaban J connectivity index is 1.39. The molecule has 1 N–H and O–H groups in total. The van der Waals surface area contributed by atoms with Crippen LogP contribution in [0.1, 0.15) is 47.6 Å². The molecule has 28 heavy (non-hydrogen) atoms. The molecule has 2 nitrogen and oxygen atoms in total. The van der Waals surface area contributed by atoms with Gasteiger partial charge in [-0.3, -0.25) is 4.79 Å². The molecule has 1 unspecified atom stereocenters. The first-order chi connectivity index (χ1) is 13.8. The van der Waals surface area contributed by atoms with Crippen LogP contribution in [0.2, 0.25) is 0 Å². The van der Waals surface area contributed by atoms with Gasteiger partial charge in [-0.25, -0.2) is 0 Å². The minimum atomic E-state index is -0.0954. The van der Waals surface area contributed by atoms with Crippen molar-refractivity contribution in [2.75, 3.05) is 0 Å². The Morgan fingerprint density at radius 3 is 2.04 bits per heavy atom. The van der Waals surface area contributed by atoms with E-state index in [0.717, 1.165) is 30.4 Å². The molecule has 0 saturated carbocycles. The summed E-state index contributed by atoms with van der Waals surface area (Å²) < 4.78 is 0. The van der Waals surface area contributed by atoms with Crippen LogP contribution in [0.3, 0.4) is 0 Å². The van der Waals surface area contributed by atoms with E-state index in [1.54, 1.807) is 0 Å². The second kappa shape index (κ2) is 8.88. The van der Waals surface area contributed by atoms with Crippen molar-refractivity contribution in [1.82, 2.24) is 5.32 Å². The number of aryl methyl sites for hydroxylation is 1. The Bertz CT molecular complexity index is 864. The van der Waals surface area contributed by atoms with Crippen molar-refractivity contribution in [2.24, 2.45) is 5.92 Å². The van der Waals surface area contributed by atoms with Gasteiger partial charge in [-0.15, -0.1) is 0 Å². The summed E-state index contributed by atoms with van der Waals surface area (Å²) >= 11 is 0. The van der Waals surface area contributed by atoms with E-state index in [0.29, 0.717) is 12.3 Å². The molecule has 1 amide bonds. The fourth-order valence-electron chi connectivity index (χ4n) is 4.24. The van der Waals surface area contributed by atoms with Crippen molar-refractivity contribution < 1.29 is 4.79 Å². The topological polar surface area (TPSA) is 29.1 Å². The summed E-state index contributed by atoms with van der Waals surface area (Å²) in [5, 5.41) is 3.27. The smallest absolute Gasteiger partial charge is 0.220 e. The van der Waals surface area contributed by atoms with Gasteiger partial charge in [-0.2, -0.15) is 0 Å². The fourth-order valence-corrected chi connectivity index (χ4v) is 4.24. The summed E-state index contributed by atoms with van der Waals surface area (Å²) in [5.74, 6) is 0.740. The van der Waals surface area contributed by atoms with Crippen LogP contribution >= 0.6 is 0 Å². The first kappa shape index (κ1) is 18.5. The number of hydrogen-bond acceptors (Lipinski definition) is 1. The third kappa shape index (κ3) is 4.51. The number of carbonyl (C=O) groups excluding carboxylic acids is 1. The molecule has 3 aromatic rings. The number of carbonyl (C=O) groups is 1. The highest BCUT2D eigenvalue weighted by Gasteiger charge is 2.21. The molecule has 0 saturated heterocycles.